The Hall–Kier alpha value is -3.71. The molecule has 2 rings (SSSR count). The largest absolute Gasteiger partial charge is 0.497 e. The molecule has 2 aromatic rings. The van der Waals surface area contributed by atoms with Gasteiger partial charge in [-0.1, -0.05) is 15.9 Å². The lowest BCUT2D eigenvalue weighted by molar-refractivity contribution is -0.139. The summed E-state index contributed by atoms with van der Waals surface area (Å²) >= 11 is 3.36. The molecule has 1 amide bonds. The molecule has 0 radical (unpaired) electrons. The molecule has 2 N–H and O–H groups in total. The molecule has 2 aromatic carbocycles. The minimum Gasteiger partial charge on any atom is -0.497 e. The third kappa shape index (κ3) is 7.15. The molecule has 9 nitrogen and oxygen atoms in total. The van der Waals surface area contributed by atoms with Gasteiger partial charge in [-0.15, -0.1) is 0 Å². The number of benzene rings is 2. The molecule has 0 unspecified atom stereocenters. The Labute approximate surface area is 199 Å². The van der Waals surface area contributed by atoms with Crippen molar-refractivity contribution in [3.05, 3.63) is 51.5 Å². The summed E-state index contributed by atoms with van der Waals surface area (Å²) in [4.78, 5) is 23.4. The highest BCUT2D eigenvalue weighted by Gasteiger charge is 2.15. The second kappa shape index (κ2) is 12.4. The standard InChI is InChI=1S/C23H23BrN2O7/c1-4-32-20-8-15(18(24)10-21(20)33-13-22(27)28)7-16(11-25)23(29)26-12-14-5-6-17(30-2)9-19(14)31-3/h5-10H,4,12-13H2,1-3H3,(H,26,29)(H,27,28)/b16-7+. The van der Waals surface area contributed by atoms with Crippen LogP contribution in [0.25, 0.3) is 6.08 Å². The number of ether oxygens (including phenoxy) is 4. The van der Waals surface area contributed by atoms with Crippen molar-refractivity contribution in [1.29, 1.82) is 5.26 Å². The summed E-state index contributed by atoms with van der Waals surface area (Å²) in [7, 11) is 3.05. The lowest BCUT2D eigenvalue weighted by atomic mass is 10.1. The van der Waals surface area contributed by atoms with Gasteiger partial charge in [0.2, 0.25) is 0 Å². The van der Waals surface area contributed by atoms with E-state index >= 15 is 0 Å². The average Bonchev–Trinajstić information content (AvgIpc) is 2.81. The first kappa shape index (κ1) is 25.5. The van der Waals surface area contributed by atoms with Gasteiger partial charge in [0.1, 0.15) is 23.1 Å². The molecule has 174 valence electrons. The number of amides is 1. The summed E-state index contributed by atoms with van der Waals surface area (Å²) in [5.41, 5.74) is 1.06. The molecule has 0 fully saturated rings. The number of carboxylic acids is 1. The van der Waals surface area contributed by atoms with E-state index in [1.54, 1.807) is 38.3 Å². The second-order valence-corrected chi connectivity index (χ2v) is 7.32. The number of nitrogens with zero attached hydrogens (tertiary/aromatic N) is 1. The summed E-state index contributed by atoms with van der Waals surface area (Å²) in [6.45, 7) is 1.67. The lowest BCUT2D eigenvalue weighted by Crippen LogP contribution is -2.24. The number of nitrogens with one attached hydrogen (secondary N) is 1. The molecular formula is C23H23BrN2O7. The number of rotatable bonds is 11. The average molecular weight is 519 g/mol. The van der Waals surface area contributed by atoms with Crippen LogP contribution in [-0.4, -0.2) is 44.4 Å². The number of halogens is 1. The summed E-state index contributed by atoms with van der Waals surface area (Å²) in [5.74, 6) is -0.0453. The first-order valence-corrected chi connectivity index (χ1v) is 10.5. The van der Waals surface area contributed by atoms with Crippen molar-refractivity contribution in [1.82, 2.24) is 5.32 Å². The van der Waals surface area contributed by atoms with Gasteiger partial charge in [0, 0.05) is 22.6 Å². The summed E-state index contributed by atoms with van der Waals surface area (Å²) in [6.07, 6.45) is 1.40. The molecule has 33 heavy (non-hydrogen) atoms. The van der Waals surface area contributed by atoms with Gasteiger partial charge in [-0.05, 0) is 42.8 Å². The van der Waals surface area contributed by atoms with Gasteiger partial charge in [0.05, 0.1) is 20.8 Å². The SMILES string of the molecule is CCOc1cc(/C=C(\C#N)C(=O)NCc2ccc(OC)cc2OC)c(Br)cc1OCC(=O)O. The van der Waals surface area contributed by atoms with E-state index in [9.17, 15) is 14.9 Å². The van der Waals surface area contributed by atoms with E-state index < -0.39 is 18.5 Å². The fraction of sp³-hybridized carbons (Fsp3) is 0.261. The maximum atomic E-state index is 12.6. The number of nitriles is 1. The van der Waals surface area contributed by atoms with Crippen LogP contribution in [0.3, 0.4) is 0 Å². The number of carbonyl (C=O) groups is 2. The molecule has 0 aliphatic heterocycles. The quantitative estimate of drug-likeness (QED) is 0.341. The highest BCUT2D eigenvalue weighted by atomic mass is 79.9. The Bertz CT molecular complexity index is 1090. The van der Waals surface area contributed by atoms with Gasteiger partial charge in [-0.25, -0.2) is 4.79 Å². The van der Waals surface area contributed by atoms with Crippen LogP contribution >= 0.6 is 15.9 Å². The fourth-order valence-electron chi connectivity index (χ4n) is 2.75. The number of carboxylic acid groups (broad SMARTS) is 1. The van der Waals surface area contributed by atoms with E-state index in [0.29, 0.717) is 33.7 Å². The monoisotopic (exact) mass is 518 g/mol. The lowest BCUT2D eigenvalue weighted by Gasteiger charge is -2.13. The number of hydrogen-bond donors (Lipinski definition) is 2. The molecule has 0 atom stereocenters. The fourth-order valence-corrected chi connectivity index (χ4v) is 3.19. The molecule has 0 aromatic heterocycles. The molecule has 0 aliphatic rings. The molecule has 10 heteroatoms. The highest BCUT2D eigenvalue weighted by Crippen LogP contribution is 2.35. The van der Waals surface area contributed by atoms with Crippen molar-refractivity contribution in [3.63, 3.8) is 0 Å². The zero-order valence-electron chi connectivity index (χ0n) is 18.3. The van der Waals surface area contributed by atoms with E-state index in [1.165, 1.54) is 19.3 Å². The first-order valence-electron chi connectivity index (χ1n) is 9.74. The van der Waals surface area contributed by atoms with Gasteiger partial charge >= 0.3 is 5.97 Å². The number of aliphatic carboxylic acids is 1. The minimum absolute atomic E-state index is 0.134. The molecule has 0 saturated carbocycles. The van der Waals surface area contributed by atoms with Crippen LogP contribution in [0.1, 0.15) is 18.1 Å². The van der Waals surface area contributed by atoms with E-state index in [2.05, 4.69) is 21.2 Å². The Morgan fingerprint density at radius 2 is 1.85 bits per heavy atom. The maximum absolute atomic E-state index is 12.6. The van der Waals surface area contributed by atoms with Crippen LogP contribution in [0.15, 0.2) is 40.4 Å². The smallest absolute Gasteiger partial charge is 0.341 e. The molecule has 0 spiro atoms. The Kier molecular flexibility index (Phi) is 9.57. The van der Waals surface area contributed by atoms with Gasteiger partial charge in [0.15, 0.2) is 18.1 Å². The zero-order chi connectivity index (χ0) is 24.4. The molecule has 0 bridgehead atoms. The van der Waals surface area contributed by atoms with Crippen LogP contribution in [0, 0.1) is 11.3 Å². The molecule has 0 saturated heterocycles. The van der Waals surface area contributed by atoms with Crippen LogP contribution in [0.5, 0.6) is 23.0 Å². The summed E-state index contributed by atoms with van der Waals surface area (Å²) in [5, 5.41) is 21.1. The Morgan fingerprint density at radius 1 is 1.12 bits per heavy atom. The van der Waals surface area contributed by atoms with Crippen LogP contribution in [0.2, 0.25) is 0 Å². The third-order valence-corrected chi connectivity index (χ3v) is 5.00. The first-order chi connectivity index (χ1) is 15.8. The second-order valence-electron chi connectivity index (χ2n) is 6.47. The van der Waals surface area contributed by atoms with Crippen molar-refractivity contribution in [2.75, 3.05) is 27.4 Å². The highest BCUT2D eigenvalue weighted by molar-refractivity contribution is 9.10. The van der Waals surface area contributed by atoms with Crippen molar-refractivity contribution in [2.45, 2.75) is 13.5 Å². The Morgan fingerprint density at radius 3 is 2.45 bits per heavy atom. The topological polar surface area (TPSA) is 127 Å². The van der Waals surface area contributed by atoms with Crippen molar-refractivity contribution < 1.29 is 33.6 Å². The van der Waals surface area contributed by atoms with Crippen LogP contribution < -0.4 is 24.3 Å². The van der Waals surface area contributed by atoms with E-state index in [0.717, 1.165) is 0 Å². The molecular weight excluding hydrogens is 496 g/mol. The van der Waals surface area contributed by atoms with Crippen molar-refractivity contribution in [3.8, 4) is 29.1 Å². The third-order valence-electron chi connectivity index (χ3n) is 4.31. The summed E-state index contributed by atoms with van der Waals surface area (Å²) in [6, 6.07) is 10.2. The van der Waals surface area contributed by atoms with Crippen molar-refractivity contribution in [2.24, 2.45) is 0 Å². The van der Waals surface area contributed by atoms with E-state index in [1.807, 2.05) is 6.07 Å². The number of hydrogen-bond acceptors (Lipinski definition) is 7. The normalized spacial score (nSPS) is 10.7. The zero-order valence-corrected chi connectivity index (χ0v) is 19.9. The van der Waals surface area contributed by atoms with Crippen molar-refractivity contribution >= 4 is 33.9 Å². The van der Waals surface area contributed by atoms with Crippen LogP contribution in [0.4, 0.5) is 0 Å². The predicted molar refractivity (Wildman–Crippen MR) is 123 cm³/mol. The number of methoxy groups -OCH3 is 2. The maximum Gasteiger partial charge on any atom is 0.341 e. The molecule has 0 heterocycles. The minimum atomic E-state index is -1.13. The van der Waals surface area contributed by atoms with E-state index in [4.69, 9.17) is 24.1 Å². The molecule has 0 aliphatic carbocycles. The Balaban J connectivity index is 2.25. The van der Waals surface area contributed by atoms with Crippen LogP contribution in [-0.2, 0) is 16.1 Å². The van der Waals surface area contributed by atoms with Gasteiger partial charge in [0.25, 0.3) is 5.91 Å². The van der Waals surface area contributed by atoms with Gasteiger partial charge in [-0.3, -0.25) is 4.79 Å². The number of carbonyl (C=O) groups excluding carboxylic acids is 1. The summed E-state index contributed by atoms with van der Waals surface area (Å²) < 4.78 is 21.7. The van der Waals surface area contributed by atoms with E-state index in [-0.39, 0.29) is 23.6 Å². The van der Waals surface area contributed by atoms with Gasteiger partial charge in [-0.2, -0.15) is 5.26 Å². The van der Waals surface area contributed by atoms with Gasteiger partial charge < -0.3 is 29.4 Å². The predicted octanol–water partition coefficient (Wildman–Crippen LogP) is 3.55.